The molecule has 21 heavy (non-hydrogen) atoms. The van der Waals surface area contributed by atoms with Gasteiger partial charge in [0.25, 0.3) is 0 Å². The van der Waals surface area contributed by atoms with Crippen LogP contribution >= 0.6 is 0 Å². The van der Waals surface area contributed by atoms with Gasteiger partial charge in [0.1, 0.15) is 0 Å². The third-order valence-electron chi connectivity index (χ3n) is 3.62. The topological polar surface area (TPSA) is 54.9 Å². The fourth-order valence-corrected chi connectivity index (χ4v) is 2.28. The number of hydrogen-bond acceptors (Lipinski definition) is 3. The zero-order valence-electron chi connectivity index (χ0n) is 14.0. The lowest BCUT2D eigenvalue weighted by Crippen LogP contribution is -2.39. The second-order valence-corrected chi connectivity index (χ2v) is 5.84. The molecule has 0 amide bonds. The van der Waals surface area contributed by atoms with Crippen molar-refractivity contribution in [3.8, 4) is 0 Å². The molecule has 1 aliphatic heterocycles. The van der Waals surface area contributed by atoms with Gasteiger partial charge < -0.3 is 20.1 Å². The van der Waals surface area contributed by atoms with Crippen molar-refractivity contribution in [2.24, 2.45) is 4.99 Å². The molecule has 2 N–H and O–H groups in total. The van der Waals surface area contributed by atoms with Gasteiger partial charge in [0.2, 0.25) is 0 Å². The van der Waals surface area contributed by atoms with Gasteiger partial charge in [0.15, 0.2) is 5.96 Å². The average molecular weight is 299 g/mol. The number of guanidine groups is 1. The first-order valence-corrected chi connectivity index (χ1v) is 8.44. The predicted octanol–water partition coefficient (Wildman–Crippen LogP) is 2.32. The average Bonchev–Trinajstić information content (AvgIpc) is 2.91. The lowest BCUT2D eigenvalue weighted by molar-refractivity contribution is 0.0283. The minimum atomic E-state index is -0.0778. The van der Waals surface area contributed by atoms with E-state index in [4.69, 9.17) is 9.47 Å². The van der Waals surface area contributed by atoms with Crippen molar-refractivity contribution in [3.05, 3.63) is 0 Å². The minimum absolute atomic E-state index is 0.0778. The summed E-state index contributed by atoms with van der Waals surface area (Å²) >= 11 is 0. The van der Waals surface area contributed by atoms with E-state index in [0.717, 1.165) is 71.1 Å². The van der Waals surface area contributed by atoms with E-state index in [0.29, 0.717) is 0 Å². The first-order chi connectivity index (χ1) is 10.2. The molecule has 1 atom stereocenters. The fraction of sp³-hybridized carbons (Fsp3) is 0.938. The van der Waals surface area contributed by atoms with E-state index in [1.807, 2.05) is 0 Å². The minimum Gasteiger partial charge on any atom is -0.381 e. The zero-order chi connectivity index (χ0) is 15.4. The van der Waals surface area contributed by atoms with E-state index in [9.17, 15) is 0 Å². The van der Waals surface area contributed by atoms with Gasteiger partial charge in [-0.15, -0.1) is 0 Å². The summed E-state index contributed by atoms with van der Waals surface area (Å²) in [6.45, 7) is 11.4. The first kappa shape index (κ1) is 18.2. The SMILES string of the molecule is CCCCOCCCNC(=NCC1(C)CCCO1)NCC. The summed E-state index contributed by atoms with van der Waals surface area (Å²) in [5.74, 6) is 0.878. The second kappa shape index (κ2) is 10.9. The molecule has 0 radical (unpaired) electrons. The predicted molar refractivity (Wildman–Crippen MR) is 87.9 cm³/mol. The lowest BCUT2D eigenvalue weighted by Gasteiger charge is -2.21. The van der Waals surface area contributed by atoms with E-state index in [1.54, 1.807) is 0 Å². The zero-order valence-corrected chi connectivity index (χ0v) is 14.0. The van der Waals surface area contributed by atoms with Crippen LogP contribution in [0.2, 0.25) is 0 Å². The largest absolute Gasteiger partial charge is 0.381 e. The third-order valence-corrected chi connectivity index (χ3v) is 3.62. The number of aliphatic imine (C=N–C) groups is 1. The maximum atomic E-state index is 5.77. The Morgan fingerprint density at radius 3 is 2.71 bits per heavy atom. The number of unbranched alkanes of at least 4 members (excludes halogenated alkanes) is 1. The lowest BCUT2D eigenvalue weighted by atomic mass is 10.0. The van der Waals surface area contributed by atoms with Crippen molar-refractivity contribution in [2.75, 3.05) is 39.5 Å². The molecule has 0 bridgehead atoms. The van der Waals surface area contributed by atoms with E-state index < -0.39 is 0 Å². The molecule has 1 heterocycles. The smallest absolute Gasteiger partial charge is 0.191 e. The maximum Gasteiger partial charge on any atom is 0.191 e. The molecular formula is C16H33N3O2. The van der Waals surface area contributed by atoms with Crippen molar-refractivity contribution >= 4 is 5.96 Å². The van der Waals surface area contributed by atoms with Gasteiger partial charge >= 0.3 is 0 Å². The molecule has 1 aliphatic rings. The van der Waals surface area contributed by atoms with E-state index >= 15 is 0 Å². The highest BCUT2D eigenvalue weighted by molar-refractivity contribution is 5.79. The van der Waals surface area contributed by atoms with Gasteiger partial charge in [-0.3, -0.25) is 4.99 Å². The standard InChI is InChI=1S/C16H33N3O2/c1-4-6-11-20-12-8-10-18-15(17-5-2)19-14-16(3)9-7-13-21-16/h4-14H2,1-3H3,(H2,17,18,19). The molecule has 0 aromatic rings. The van der Waals surface area contributed by atoms with Gasteiger partial charge in [0, 0.05) is 32.9 Å². The van der Waals surface area contributed by atoms with Gasteiger partial charge in [-0.05, 0) is 39.5 Å². The number of nitrogens with zero attached hydrogens (tertiary/aromatic N) is 1. The summed E-state index contributed by atoms with van der Waals surface area (Å²) in [4.78, 5) is 4.64. The molecule has 5 nitrogen and oxygen atoms in total. The van der Waals surface area contributed by atoms with Crippen molar-refractivity contribution in [3.63, 3.8) is 0 Å². The molecular weight excluding hydrogens is 266 g/mol. The van der Waals surface area contributed by atoms with Crippen LogP contribution in [0.25, 0.3) is 0 Å². The van der Waals surface area contributed by atoms with Gasteiger partial charge in [0.05, 0.1) is 12.1 Å². The quantitative estimate of drug-likeness (QED) is 0.369. The molecule has 0 aromatic carbocycles. The summed E-state index contributed by atoms with van der Waals surface area (Å²) < 4.78 is 11.3. The van der Waals surface area contributed by atoms with Crippen LogP contribution in [-0.4, -0.2) is 51.0 Å². The molecule has 1 rings (SSSR count). The van der Waals surface area contributed by atoms with Crippen LogP contribution in [0.5, 0.6) is 0 Å². The molecule has 0 aliphatic carbocycles. The monoisotopic (exact) mass is 299 g/mol. The third kappa shape index (κ3) is 8.27. The Hall–Kier alpha value is -0.810. The maximum absolute atomic E-state index is 5.77. The summed E-state index contributed by atoms with van der Waals surface area (Å²) in [6.07, 6.45) is 5.58. The highest BCUT2D eigenvalue weighted by atomic mass is 16.5. The van der Waals surface area contributed by atoms with Crippen LogP contribution in [0.15, 0.2) is 4.99 Å². The van der Waals surface area contributed by atoms with Gasteiger partial charge in [-0.25, -0.2) is 0 Å². The molecule has 5 heteroatoms. The number of nitrogens with one attached hydrogen (secondary N) is 2. The molecule has 1 unspecified atom stereocenters. The molecule has 124 valence electrons. The Bertz CT molecular complexity index is 289. The van der Waals surface area contributed by atoms with E-state index in [2.05, 4.69) is 36.4 Å². The van der Waals surface area contributed by atoms with E-state index in [1.165, 1.54) is 6.42 Å². The Morgan fingerprint density at radius 1 is 1.24 bits per heavy atom. The Balaban J connectivity index is 2.19. The van der Waals surface area contributed by atoms with Crippen LogP contribution in [-0.2, 0) is 9.47 Å². The Morgan fingerprint density at radius 2 is 2.05 bits per heavy atom. The van der Waals surface area contributed by atoms with Crippen molar-refractivity contribution in [1.82, 2.24) is 10.6 Å². The highest BCUT2D eigenvalue weighted by Gasteiger charge is 2.29. The summed E-state index contributed by atoms with van der Waals surface area (Å²) in [7, 11) is 0. The first-order valence-electron chi connectivity index (χ1n) is 8.44. The van der Waals surface area contributed by atoms with Crippen LogP contribution in [0.4, 0.5) is 0 Å². The van der Waals surface area contributed by atoms with Gasteiger partial charge in [-0.1, -0.05) is 13.3 Å². The highest BCUT2D eigenvalue weighted by Crippen LogP contribution is 2.24. The van der Waals surface area contributed by atoms with Crippen LogP contribution < -0.4 is 10.6 Å². The van der Waals surface area contributed by atoms with Crippen LogP contribution in [0.3, 0.4) is 0 Å². The number of rotatable bonds is 10. The summed E-state index contributed by atoms with van der Waals surface area (Å²) in [5.41, 5.74) is -0.0778. The Kier molecular flexibility index (Phi) is 9.42. The normalized spacial score (nSPS) is 22.5. The van der Waals surface area contributed by atoms with E-state index in [-0.39, 0.29) is 5.60 Å². The van der Waals surface area contributed by atoms with Crippen molar-refractivity contribution in [1.29, 1.82) is 0 Å². The second-order valence-electron chi connectivity index (χ2n) is 5.84. The molecule has 1 saturated heterocycles. The molecule has 0 saturated carbocycles. The molecule has 0 aromatic heterocycles. The Labute approximate surface area is 129 Å². The summed E-state index contributed by atoms with van der Waals surface area (Å²) in [6, 6.07) is 0. The van der Waals surface area contributed by atoms with Crippen molar-refractivity contribution < 1.29 is 9.47 Å². The van der Waals surface area contributed by atoms with Crippen LogP contribution in [0.1, 0.15) is 52.9 Å². The number of hydrogen-bond donors (Lipinski definition) is 2. The molecule has 1 fully saturated rings. The van der Waals surface area contributed by atoms with Crippen LogP contribution in [0, 0.1) is 0 Å². The van der Waals surface area contributed by atoms with Gasteiger partial charge in [-0.2, -0.15) is 0 Å². The molecule has 0 spiro atoms. The summed E-state index contributed by atoms with van der Waals surface area (Å²) in [5, 5.41) is 6.63. The van der Waals surface area contributed by atoms with Crippen molar-refractivity contribution in [2.45, 2.75) is 58.5 Å². The fourth-order valence-electron chi connectivity index (χ4n) is 2.28. The number of ether oxygens (including phenoxy) is 2.